The summed E-state index contributed by atoms with van der Waals surface area (Å²) in [4.78, 5) is 0. The fraction of sp³-hybridized carbons (Fsp3) is 0.250. The first kappa shape index (κ1) is 16.4. The average Bonchev–Trinajstić information content (AvgIpc) is 2.47. The zero-order valence-corrected chi connectivity index (χ0v) is 11.5. The monoisotopic (exact) mass is 315 g/mol. The molecule has 0 bridgehead atoms. The Bertz CT molecular complexity index is 651. The molecule has 0 fully saturated rings. The SMILES string of the molecule is NCC(Cc1cccc(C(F)(F)F)c1)c1ccc(F)c(F)c1. The highest BCUT2D eigenvalue weighted by Gasteiger charge is 2.30. The van der Waals surface area contributed by atoms with Crippen molar-refractivity contribution in [3.05, 3.63) is 70.8 Å². The van der Waals surface area contributed by atoms with Gasteiger partial charge >= 0.3 is 6.18 Å². The summed E-state index contributed by atoms with van der Waals surface area (Å²) in [5, 5.41) is 0. The topological polar surface area (TPSA) is 26.0 Å². The quantitative estimate of drug-likeness (QED) is 0.838. The van der Waals surface area contributed by atoms with Gasteiger partial charge in [0, 0.05) is 5.92 Å². The fourth-order valence-electron chi connectivity index (χ4n) is 2.26. The van der Waals surface area contributed by atoms with Gasteiger partial charge in [-0.1, -0.05) is 24.3 Å². The summed E-state index contributed by atoms with van der Waals surface area (Å²) in [5.41, 5.74) is 5.78. The molecule has 22 heavy (non-hydrogen) atoms. The summed E-state index contributed by atoms with van der Waals surface area (Å²) in [6.07, 6.45) is -4.21. The molecule has 2 aromatic carbocycles. The summed E-state index contributed by atoms with van der Waals surface area (Å²) in [6.45, 7) is 0.112. The minimum atomic E-state index is -4.42. The highest BCUT2D eigenvalue weighted by molar-refractivity contribution is 5.29. The summed E-state index contributed by atoms with van der Waals surface area (Å²) < 4.78 is 64.3. The van der Waals surface area contributed by atoms with E-state index in [2.05, 4.69) is 0 Å². The number of hydrogen-bond acceptors (Lipinski definition) is 1. The van der Waals surface area contributed by atoms with E-state index in [4.69, 9.17) is 5.73 Å². The van der Waals surface area contributed by atoms with Crippen LogP contribution in [0.1, 0.15) is 22.6 Å². The normalized spacial score (nSPS) is 13.2. The first-order valence-electron chi connectivity index (χ1n) is 6.62. The van der Waals surface area contributed by atoms with Crippen molar-refractivity contribution in [2.75, 3.05) is 6.54 Å². The molecule has 118 valence electrons. The van der Waals surface area contributed by atoms with E-state index in [-0.39, 0.29) is 13.0 Å². The van der Waals surface area contributed by atoms with Gasteiger partial charge in [-0.15, -0.1) is 0 Å². The molecule has 0 heterocycles. The lowest BCUT2D eigenvalue weighted by Crippen LogP contribution is -2.16. The molecule has 0 radical (unpaired) electrons. The third-order valence-corrected chi connectivity index (χ3v) is 3.44. The van der Waals surface area contributed by atoms with Crippen molar-refractivity contribution in [3.63, 3.8) is 0 Å². The Morgan fingerprint density at radius 1 is 0.955 bits per heavy atom. The maximum atomic E-state index is 13.3. The Morgan fingerprint density at radius 2 is 1.68 bits per heavy atom. The van der Waals surface area contributed by atoms with Crippen LogP contribution in [0.2, 0.25) is 0 Å². The molecule has 6 heteroatoms. The van der Waals surface area contributed by atoms with E-state index < -0.39 is 29.3 Å². The minimum absolute atomic E-state index is 0.112. The molecule has 0 aliphatic heterocycles. The summed E-state index contributed by atoms with van der Waals surface area (Å²) in [6, 6.07) is 8.30. The third-order valence-electron chi connectivity index (χ3n) is 3.44. The third kappa shape index (κ3) is 3.82. The second-order valence-electron chi connectivity index (χ2n) is 5.01. The van der Waals surface area contributed by atoms with E-state index in [0.717, 1.165) is 24.3 Å². The zero-order chi connectivity index (χ0) is 16.3. The van der Waals surface area contributed by atoms with Crippen molar-refractivity contribution in [2.45, 2.75) is 18.5 Å². The van der Waals surface area contributed by atoms with E-state index in [1.54, 1.807) is 6.07 Å². The van der Waals surface area contributed by atoms with Gasteiger partial charge in [-0.2, -0.15) is 13.2 Å². The van der Waals surface area contributed by atoms with E-state index >= 15 is 0 Å². The molecule has 1 atom stereocenters. The molecule has 0 aliphatic rings. The number of rotatable bonds is 4. The van der Waals surface area contributed by atoms with E-state index in [1.165, 1.54) is 12.1 Å². The molecule has 2 aromatic rings. The smallest absolute Gasteiger partial charge is 0.330 e. The van der Waals surface area contributed by atoms with Crippen molar-refractivity contribution in [1.29, 1.82) is 0 Å². The molecule has 1 nitrogen and oxygen atoms in total. The Morgan fingerprint density at radius 3 is 2.27 bits per heavy atom. The lowest BCUT2D eigenvalue weighted by Gasteiger charge is -2.16. The molecule has 0 saturated carbocycles. The molecule has 0 saturated heterocycles. The summed E-state index contributed by atoms with van der Waals surface area (Å²) in [7, 11) is 0. The summed E-state index contributed by atoms with van der Waals surface area (Å²) in [5.74, 6) is -2.36. The largest absolute Gasteiger partial charge is 0.416 e. The average molecular weight is 315 g/mol. The molecule has 0 spiro atoms. The second-order valence-corrected chi connectivity index (χ2v) is 5.01. The van der Waals surface area contributed by atoms with Gasteiger partial charge in [0.2, 0.25) is 0 Å². The Balaban J connectivity index is 2.25. The molecular formula is C16H14F5N. The van der Waals surface area contributed by atoms with Crippen molar-refractivity contribution in [1.82, 2.24) is 0 Å². The van der Waals surface area contributed by atoms with E-state index in [1.807, 2.05) is 0 Å². The molecule has 1 unspecified atom stereocenters. The van der Waals surface area contributed by atoms with Gasteiger partial charge in [-0.25, -0.2) is 8.78 Å². The zero-order valence-electron chi connectivity index (χ0n) is 11.5. The van der Waals surface area contributed by atoms with Crippen molar-refractivity contribution in [3.8, 4) is 0 Å². The molecule has 2 rings (SSSR count). The highest BCUT2D eigenvalue weighted by Crippen LogP contribution is 2.31. The van der Waals surface area contributed by atoms with Crippen LogP contribution in [0, 0.1) is 11.6 Å². The lowest BCUT2D eigenvalue weighted by atomic mass is 9.91. The predicted molar refractivity (Wildman–Crippen MR) is 73.3 cm³/mol. The maximum Gasteiger partial charge on any atom is 0.416 e. The number of hydrogen-bond donors (Lipinski definition) is 1. The van der Waals surface area contributed by atoms with Crippen LogP contribution in [0.25, 0.3) is 0 Å². The van der Waals surface area contributed by atoms with Crippen molar-refractivity contribution >= 4 is 0 Å². The number of benzene rings is 2. The van der Waals surface area contributed by atoms with Gasteiger partial charge in [0.25, 0.3) is 0 Å². The van der Waals surface area contributed by atoms with Crippen LogP contribution in [0.15, 0.2) is 42.5 Å². The number of alkyl halides is 3. The van der Waals surface area contributed by atoms with Gasteiger partial charge in [0.15, 0.2) is 11.6 Å². The van der Waals surface area contributed by atoms with Crippen LogP contribution < -0.4 is 5.73 Å². The second kappa shape index (κ2) is 6.44. The van der Waals surface area contributed by atoms with Gasteiger partial charge in [0.05, 0.1) is 5.56 Å². The maximum absolute atomic E-state index is 13.3. The van der Waals surface area contributed by atoms with Gasteiger partial charge in [0.1, 0.15) is 0 Å². The molecular weight excluding hydrogens is 301 g/mol. The van der Waals surface area contributed by atoms with Crippen molar-refractivity contribution in [2.24, 2.45) is 5.73 Å². The standard InChI is InChI=1S/C16H14F5N/c17-14-5-4-11(8-15(14)18)12(9-22)6-10-2-1-3-13(7-10)16(19,20)21/h1-5,7-8,12H,6,9,22H2. The Labute approximate surface area is 124 Å². The Kier molecular flexibility index (Phi) is 4.81. The van der Waals surface area contributed by atoms with Crippen LogP contribution in [0.3, 0.4) is 0 Å². The molecule has 2 N–H and O–H groups in total. The van der Waals surface area contributed by atoms with Crippen LogP contribution >= 0.6 is 0 Å². The van der Waals surface area contributed by atoms with Gasteiger partial charge < -0.3 is 5.73 Å². The van der Waals surface area contributed by atoms with Gasteiger partial charge in [-0.3, -0.25) is 0 Å². The van der Waals surface area contributed by atoms with Crippen LogP contribution in [-0.2, 0) is 12.6 Å². The highest BCUT2D eigenvalue weighted by atomic mass is 19.4. The fourth-order valence-corrected chi connectivity index (χ4v) is 2.26. The van der Waals surface area contributed by atoms with Crippen LogP contribution in [0.4, 0.5) is 22.0 Å². The molecule has 0 amide bonds. The predicted octanol–water partition coefficient (Wildman–Crippen LogP) is 4.27. The first-order chi connectivity index (χ1) is 10.3. The number of nitrogens with two attached hydrogens (primary N) is 1. The molecule has 0 aliphatic carbocycles. The Hall–Kier alpha value is -1.95. The lowest BCUT2D eigenvalue weighted by molar-refractivity contribution is -0.137. The van der Waals surface area contributed by atoms with E-state index in [0.29, 0.717) is 11.1 Å². The van der Waals surface area contributed by atoms with Crippen LogP contribution in [-0.4, -0.2) is 6.54 Å². The minimum Gasteiger partial charge on any atom is -0.330 e. The van der Waals surface area contributed by atoms with Crippen molar-refractivity contribution < 1.29 is 22.0 Å². The first-order valence-corrected chi connectivity index (χ1v) is 6.62. The molecule has 0 aromatic heterocycles. The van der Waals surface area contributed by atoms with Gasteiger partial charge in [-0.05, 0) is 42.3 Å². The van der Waals surface area contributed by atoms with Crippen LogP contribution in [0.5, 0.6) is 0 Å². The number of halogens is 5. The summed E-state index contributed by atoms with van der Waals surface area (Å²) >= 11 is 0. The van der Waals surface area contributed by atoms with E-state index in [9.17, 15) is 22.0 Å².